The summed E-state index contributed by atoms with van der Waals surface area (Å²) >= 11 is 0. The Hall–Kier alpha value is -4.03. The normalized spacial score (nSPS) is 16.6. The number of pyridine rings is 1. The van der Waals surface area contributed by atoms with Crippen LogP contribution in [0.2, 0.25) is 0 Å². The van der Waals surface area contributed by atoms with Gasteiger partial charge < -0.3 is 15.5 Å². The molecule has 2 atom stereocenters. The van der Waals surface area contributed by atoms with Gasteiger partial charge >= 0.3 is 0 Å². The summed E-state index contributed by atoms with van der Waals surface area (Å²) in [6.07, 6.45) is 4.34. The van der Waals surface area contributed by atoms with Crippen LogP contribution < -0.4 is 10.6 Å². The molecule has 0 spiro atoms. The van der Waals surface area contributed by atoms with Crippen molar-refractivity contribution < 1.29 is 9.59 Å². The van der Waals surface area contributed by atoms with Crippen molar-refractivity contribution in [2.75, 3.05) is 19.4 Å². The van der Waals surface area contributed by atoms with Crippen LogP contribution in [0.15, 0.2) is 85.2 Å². The predicted molar refractivity (Wildman–Crippen MR) is 143 cm³/mol. The van der Waals surface area contributed by atoms with E-state index < -0.39 is 0 Å². The zero-order valence-corrected chi connectivity index (χ0v) is 20.6. The summed E-state index contributed by atoms with van der Waals surface area (Å²) < 4.78 is 0. The minimum Gasteiger partial charge on any atom is -0.348 e. The standard InChI is InChI=1S/C30H30N4O2/c1-34(2)19-21-8-6-20(7-9-21)17-32-29(35)24-5-3-4-23(14-24)27-16-28(27)30(36)33-26-11-10-25-18-31-13-12-22(25)15-26/h3-15,18,27-28H,16-17,19H2,1-2H3,(H,32,35)(H,33,36)/t27-,28+/m0/s1. The highest BCUT2D eigenvalue weighted by Crippen LogP contribution is 2.48. The van der Waals surface area contributed by atoms with E-state index in [0.717, 1.165) is 40.6 Å². The fourth-order valence-corrected chi connectivity index (χ4v) is 4.57. The van der Waals surface area contributed by atoms with E-state index in [1.165, 1.54) is 5.56 Å². The number of hydrogen-bond donors (Lipinski definition) is 2. The number of nitrogens with zero attached hydrogens (tertiary/aromatic N) is 2. The zero-order chi connectivity index (χ0) is 25.1. The Kier molecular flexibility index (Phi) is 6.78. The van der Waals surface area contributed by atoms with Gasteiger partial charge in [0.1, 0.15) is 0 Å². The minimum atomic E-state index is -0.110. The van der Waals surface area contributed by atoms with Crippen LogP contribution in [0, 0.1) is 5.92 Å². The topological polar surface area (TPSA) is 74.3 Å². The van der Waals surface area contributed by atoms with Crippen LogP contribution in [0.25, 0.3) is 10.8 Å². The molecule has 0 saturated heterocycles. The first kappa shape index (κ1) is 23.7. The number of benzene rings is 3. The van der Waals surface area contributed by atoms with Crippen LogP contribution in [0.3, 0.4) is 0 Å². The molecule has 6 heteroatoms. The smallest absolute Gasteiger partial charge is 0.251 e. The van der Waals surface area contributed by atoms with Crippen molar-refractivity contribution in [1.29, 1.82) is 0 Å². The number of anilines is 1. The number of carbonyl (C=O) groups is 2. The molecule has 1 aromatic heterocycles. The second kappa shape index (κ2) is 10.3. The van der Waals surface area contributed by atoms with Gasteiger partial charge in [0.2, 0.25) is 5.91 Å². The highest BCUT2D eigenvalue weighted by Gasteiger charge is 2.44. The minimum absolute atomic E-state index is 0.0148. The second-order valence-corrected chi connectivity index (χ2v) is 9.74. The van der Waals surface area contributed by atoms with Crippen molar-refractivity contribution in [3.63, 3.8) is 0 Å². The average molecular weight is 479 g/mol. The Morgan fingerprint density at radius 3 is 2.56 bits per heavy atom. The van der Waals surface area contributed by atoms with E-state index in [0.29, 0.717) is 12.1 Å². The van der Waals surface area contributed by atoms with Crippen LogP contribution in [0.4, 0.5) is 5.69 Å². The lowest BCUT2D eigenvalue weighted by Gasteiger charge is -2.11. The average Bonchev–Trinajstić information content (AvgIpc) is 3.69. The summed E-state index contributed by atoms with van der Waals surface area (Å²) in [4.78, 5) is 31.9. The molecule has 182 valence electrons. The maximum Gasteiger partial charge on any atom is 0.251 e. The molecule has 4 aromatic rings. The fraction of sp³-hybridized carbons (Fsp3) is 0.233. The van der Waals surface area contributed by atoms with Gasteiger partial charge in [-0.1, -0.05) is 42.5 Å². The summed E-state index contributed by atoms with van der Waals surface area (Å²) in [5.41, 5.74) is 4.73. The van der Waals surface area contributed by atoms with Crippen molar-refractivity contribution in [1.82, 2.24) is 15.2 Å². The molecule has 1 aliphatic rings. The van der Waals surface area contributed by atoms with Gasteiger partial charge in [0, 0.05) is 48.0 Å². The zero-order valence-electron chi connectivity index (χ0n) is 20.6. The van der Waals surface area contributed by atoms with E-state index >= 15 is 0 Å². The van der Waals surface area contributed by atoms with Crippen LogP contribution in [-0.4, -0.2) is 35.8 Å². The van der Waals surface area contributed by atoms with Gasteiger partial charge in [0.05, 0.1) is 0 Å². The van der Waals surface area contributed by atoms with Crippen molar-refractivity contribution in [2.24, 2.45) is 5.92 Å². The van der Waals surface area contributed by atoms with Crippen LogP contribution in [0.1, 0.15) is 39.4 Å². The molecule has 0 unspecified atom stereocenters. The van der Waals surface area contributed by atoms with Crippen molar-refractivity contribution in [2.45, 2.75) is 25.4 Å². The summed E-state index contributed by atoms with van der Waals surface area (Å²) in [6.45, 7) is 1.36. The van der Waals surface area contributed by atoms with Gasteiger partial charge in [-0.3, -0.25) is 14.6 Å². The van der Waals surface area contributed by atoms with E-state index in [1.54, 1.807) is 6.20 Å². The lowest BCUT2D eigenvalue weighted by atomic mass is 10.0. The number of rotatable bonds is 8. The molecule has 1 saturated carbocycles. The number of nitrogens with one attached hydrogen (secondary N) is 2. The molecule has 2 N–H and O–H groups in total. The monoisotopic (exact) mass is 478 g/mol. The number of aromatic nitrogens is 1. The highest BCUT2D eigenvalue weighted by atomic mass is 16.2. The molecular formula is C30H30N4O2. The lowest BCUT2D eigenvalue weighted by molar-refractivity contribution is -0.117. The van der Waals surface area contributed by atoms with Crippen LogP contribution in [-0.2, 0) is 17.9 Å². The summed E-state index contributed by atoms with van der Waals surface area (Å²) in [7, 11) is 4.09. The van der Waals surface area contributed by atoms with Crippen LogP contribution in [0.5, 0.6) is 0 Å². The van der Waals surface area contributed by atoms with Gasteiger partial charge in [-0.2, -0.15) is 0 Å². The molecule has 3 aromatic carbocycles. The third kappa shape index (κ3) is 5.61. The van der Waals surface area contributed by atoms with Crippen LogP contribution >= 0.6 is 0 Å². The maximum atomic E-state index is 12.9. The van der Waals surface area contributed by atoms with E-state index in [9.17, 15) is 9.59 Å². The second-order valence-electron chi connectivity index (χ2n) is 9.74. The number of hydrogen-bond acceptors (Lipinski definition) is 4. The number of fused-ring (bicyclic) bond motifs is 1. The van der Waals surface area contributed by atoms with Crippen molar-refractivity contribution >= 4 is 28.3 Å². The van der Waals surface area contributed by atoms with Gasteiger partial charge in [0.25, 0.3) is 5.91 Å². The molecule has 5 rings (SSSR count). The Bertz CT molecular complexity index is 1400. The molecule has 0 bridgehead atoms. The van der Waals surface area contributed by atoms with E-state index in [4.69, 9.17) is 0 Å². The molecular weight excluding hydrogens is 448 g/mol. The van der Waals surface area contributed by atoms with E-state index in [-0.39, 0.29) is 23.7 Å². The molecule has 36 heavy (non-hydrogen) atoms. The SMILES string of the molecule is CN(C)Cc1ccc(CNC(=O)c2cccc([C@@H]3C[C@H]3C(=O)Nc3ccc4cnccc4c3)c2)cc1. The van der Waals surface area contributed by atoms with E-state index in [2.05, 4.69) is 44.8 Å². The largest absolute Gasteiger partial charge is 0.348 e. The Labute approximate surface area is 211 Å². The Morgan fingerprint density at radius 2 is 1.75 bits per heavy atom. The molecule has 0 aliphatic heterocycles. The van der Waals surface area contributed by atoms with Gasteiger partial charge in [-0.25, -0.2) is 0 Å². The summed E-state index contributed by atoms with van der Waals surface area (Å²) in [6, 6.07) is 23.7. The fourth-order valence-electron chi connectivity index (χ4n) is 4.57. The molecule has 2 amide bonds. The summed E-state index contributed by atoms with van der Waals surface area (Å²) in [5.74, 6) is -0.0497. The Balaban J connectivity index is 1.17. The van der Waals surface area contributed by atoms with Crippen molar-refractivity contribution in [3.05, 3.63) is 107 Å². The highest BCUT2D eigenvalue weighted by molar-refractivity contribution is 5.98. The van der Waals surface area contributed by atoms with Gasteiger partial charge in [-0.05, 0) is 78.8 Å². The maximum absolute atomic E-state index is 12.9. The van der Waals surface area contributed by atoms with E-state index in [1.807, 2.05) is 68.8 Å². The third-order valence-corrected chi connectivity index (χ3v) is 6.59. The van der Waals surface area contributed by atoms with Crippen molar-refractivity contribution in [3.8, 4) is 0 Å². The number of carbonyl (C=O) groups excluding carboxylic acids is 2. The van der Waals surface area contributed by atoms with Gasteiger partial charge in [0.15, 0.2) is 0 Å². The first-order valence-corrected chi connectivity index (χ1v) is 12.2. The molecule has 6 nitrogen and oxygen atoms in total. The molecule has 1 fully saturated rings. The molecule has 1 aliphatic carbocycles. The third-order valence-electron chi connectivity index (χ3n) is 6.59. The number of amides is 2. The molecule has 1 heterocycles. The molecule has 0 radical (unpaired) electrons. The summed E-state index contributed by atoms with van der Waals surface area (Å²) in [5, 5.41) is 8.13. The first-order valence-electron chi connectivity index (χ1n) is 12.2. The van der Waals surface area contributed by atoms with Gasteiger partial charge in [-0.15, -0.1) is 0 Å². The quantitative estimate of drug-likeness (QED) is 0.375. The lowest BCUT2D eigenvalue weighted by Crippen LogP contribution is -2.23. The first-order chi connectivity index (χ1) is 17.5. The Morgan fingerprint density at radius 1 is 0.944 bits per heavy atom. The predicted octanol–water partition coefficient (Wildman–Crippen LogP) is 4.97.